The van der Waals surface area contributed by atoms with Crippen LogP contribution in [-0.2, 0) is 0 Å². The van der Waals surface area contributed by atoms with E-state index in [-0.39, 0.29) is 5.82 Å². The van der Waals surface area contributed by atoms with Crippen LogP contribution in [0.1, 0.15) is 20.3 Å². The van der Waals surface area contributed by atoms with Crippen molar-refractivity contribution in [2.75, 3.05) is 33.9 Å². The predicted octanol–water partition coefficient (Wildman–Crippen LogP) is 4.62. The van der Waals surface area contributed by atoms with E-state index in [2.05, 4.69) is 18.7 Å². The quantitative estimate of drug-likeness (QED) is 0.709. The zero-order valence-electron chi connectivity index (χ0n) is 16.5. The summed E-state index contributed by atoms with van der Waals surface area (Å²) in [6.45, 7) is 7.31. The molecule has 1 saturated heterocycles. The number of likely N-dealkylation sites (tertiary alicyclic amines) is 1. The molecule has 5 heteroatoms. The van der Waals surface area contributed by atoms with Gasteiger partial charge in [0.1, 0.15) is 23.1 Å². The van der Waals surface area contributed by atoms with Crippen LogP contribution in [0.25, 0.3) is 11.1 Å². The molecule has 1 heterocycles. The van der Waals surface area contributed by atoms with E-state index in [1.165, 1.54) is 19.2 Å². The number of halogens is 1. The highest BCUT2D eigenvalue weighted by Crippen LogP contribution is 2.33. The molecule has 2 aromatic rings. The Morgan fingerprint density at radius 2 is 1.59 bits per heavy atom. The van der Waals surface area contributed by atoms with Gasteiger partial charge in [-0.1, -0.05) is 0 Å². The van der Waals surface area contributed by atoms with E-state index < -0.39 is 0 Å². The monoisotopic (exact) mass is 373 g/mol. The molecule has 0 N–H and O–H groups in total. The smallest absolute Gasteiger partial charge is 0.127 e. The first-order valence-electron chi connectivity index (χ1n) is 9.39. The van der Waals surface area contributed by atoms with Crippen LogP contribution in [0.3, 0.4) is 0 Å². The van der Waals surface area contributed by atoms with Gasteiger partial charge in [-0.3, -0.25) is 0 Å². The zero-order chi connectivity index (χ0) is 19.4. The van der Waals surface area contributed by atoms with Gasteiger partial charge in [0, 0.05) is 30.6 Å². The Balaban J connectivity index is 1.77. The summed E-state index contributed by atoms with van der Waals surface area (Å²) in [7, 11) is 3.15. The van der Waals surface area contributed by atoms with Crippen molar-refractivity contribution in [1.29, 1.82) is 0 Å². The summed E-state index contributed by atoms with van der Waals surface area (Å²) >= 11 is 0. The van der Waals surface area contributed by atoms with Crippen molar-refractivity contribution >= 4 is 0 Å². The minimum atomic E-state index is -0.339. The van der Waals surface area contributed by atoms with Crippen molar-refractivity contribution in [2.45, 2.75) is 26.3 Å². The second-order valence-corrected chi connectivity index (χ2v) is 7.33. The van der Waals surface area contributed by atoms with Crippen LogP contribution < -0.4 is 14.2 Å². The molecular weight excluding hydrogens is 345 g/mol. The van der Waals surface area contributed by atoms with Gasteiger partial charge in [-0.15, -0.1) is 0 Å². The Morgan fingerprint density at radius 3 is 2.22 bits per heavy atom. The number of nitrogens with zero attached hydrogens (tertiary/aromatic N) is 1. The molecule has 0 aromatic heterocycles. The topological polar surface area (TPSA) is 30.9 Å². The zero-order valence-corrected chi connectivity index (χ0v) is 16.5. The molecule has 0 saturated carbocycles. The number of hydrogen-bond acceptors (Lipinski definition) is 4. The van der Waals surface area contributed by atoms with Crippen LogP contribution >= 0.6 is 0 Å². The summed E-state index contributed by atoms with van der Waals surface area (Å²) < 4.78 is 30.6. The number of hydrogen-bond donors (Lipinski definition) is 0. The first-order valence-corrected chi connectivity index (χ1v) is 9.39. The second-order valence-electron chi connectivity index (χ2n) is 7.33. The molecule has 146 valence electrons. The van der Waals surface area contributed by atoms with Gasteiger partial charge >= 0.3 is 0 Å². The molecule has 0 radical (unpaired) electrons. The van der Waals surface area contributed by atoms with Crippen LogP contribution in [0.5, 0.6) is 17.2 Å². The maximum absolute atomic E-state index is 13.9. The Bertz CT molecular complexity index is 778. The Hall–Kier alpha value is -2.27. The van der Waals surface area contributed by atoms with Gasteiger partial charge < -0.3 is 19.1 Å². The lowest BCUT2D eigenvalue weighted by molar-refractivity contribution is 0.223. The highest BCUT2D eigenvalue weighted by atomic mass is 19.1. The summed E-state index contributed by atoms with van der Waals surface area (Å²) in [5.74, 6) is 2.08. The summed E-state index contributed by atoms with van der Waals surface area (Å²) in [6.07, 6.45) is 1.15. The first-order chi connectivity index (χ1) is 13.0. The fraction of sp³-hybridized carbons (Fsp3) is 0.455. The lowest BCUT2D eigenvalue weighted by Gasteiger charge is -2.20. The Labute approximate surface area is 160 Å². The van der Waals surface area contributed by atoms with Crippen LogP contribution in [0.4, 0.5) is 4.39 Å². The van der Waals surface area contributed by atoms with Crippen molar-refractivity contribution in [1.82, 2.24) is 4.90 Å². The highest BCUT2D eigenvalue weighted by molar-refractivity contribution is 5.68. The molecule has 3 rings (SSSR count). The van der Waals surface area contributed by atoms with Crippen molar-refractivity contribution in [2.24, 2.45) is 5.92 Å². The van der Waals surface area contributed by atoms with E-state index >= 15 is 0 Å². The molecular formula is C22H28FNO3. The molecule has 2 aromatic carbocycles. The third-order valence-corrected chi connectivity index (χ3v) is 5.09. The molecule has 0 spiro atoms. The SMILES string of the molecule is COc1cc(F)cc(-c2cc(OC)cc(OCC3CCN(C(C)C)C3)c2)c1. The van der Waals surface area contributed by atoms with E-state index in [1.807, 2.05) is 18.2 Å². The highest BCUT2D eigenvalue weighted by Gasteiger charge is 2.24. The van der Waals surface area contributed by atoms with E-state index in [0.717, 1.165) is 36.4 Å². The van der Waals surface area contributed by atoms with Gasteiger partial charge in [0.15, 0.2) is 0 Å². The molecule has 1 aliphatic heterocycles. The van der Waals surface area contributed by atoms with Gasteiger partial charge in [0.25, 0.3) is 0 Å². The average molecular weight is 373 g/mol. The second kappa shape index (κ2) is 8.61. The van der Waals surface area contributed by atoms with Crippen molar-refractivity contribution in [3.63, 3.8) is 0 Å². The number of benzene rings is 2. The fourth-order valence-corrected chi connectivity index (χ4v) is 3.47. The average Bonchev–Trinajstić information content (AvgIpc) is 3.15. The lowest BCUT2D eigenvalue weighted by atomic mass is 10.0. The maximum atomic E-state index is 13.9. The van der Waals surface area contributed by atoms with Gasteiger partial charge in [-0.2, -0.15) is 0 Å². The minimum absolute atomic E-state index is 0.339. The summed E-state index contributed by atoms with van der Waals surface area (Å²) in [5, 5.41) is 0. The standard InChI is InChI=1S/C22H28FNO3/c1-15(2)24-6-5-16(13-24)14-27-22-10-18(9-21(12-22)26-4)17-7-19(23)11-20(8-17)25-3/h7-12,15-16H,5-6,13-14H2,1-4H3. The Morgan fingerprint density at radius 1 is 0.963 bits per heavy atom. The van der Waals surface area contributed by atoms with Gasteiger partial charge in [-0.05, 0) is 62.2 Å². The molecule has 27 heavy (non-hydrogen) atoms. The summed E-state index contributed by atoms with van der Waals surface area (Å²) in [5.41, 5.74) is 1.56. The molecule has 1 fully saturated rings. The molecule has 0 amide bonds. The molecule has 4 nitrogen and oxygen atoms in total. The largest absolute Gasteiger partial charge is 0.497 e. The number of ether oxygens (including phenoxy) is 3. The maximum Gasteiger partial charge on any atom is 0.127 e. The van der Waals surface area contributed by atoms with Gasteiger partial charge in [0.2, 0.25) is 0 Å². The van der Waals surface area contributed by atoms with E-state index in [4.69, 9.17) is 14.2 Å². The Kier molecular flexibility index (Phi) is 6.22. The third-order valence-electron chi connectivity index (χ3n) is 5.09. The summed E-state index contributed by atoms with van der Waals surface area (Å²) in [6, 6.07) is 10.9. The van der Waals surface area contributed by atoms with Crippen LogP contribution in [-0.4, -0.2) is 44.9 Å². The number of methoxy groups -OCH3 is 2. The van der Waals surface area contributed by atoms with Crippen LogP contribution in [0.15, 0.2) is 36.4 Å². The van der Waals surface area contributed by atoms with Crippen LogP contribution in [0.2, 0.25) is 0 Å². The molecule has 0 bridgehead atoms. The minimum Gasteiger partial charge on any atom is -0.497 e. The third kappa shape index (κ3) is 4.92. The molecule has 0 aliphatic carbocycles. The van der Waals surface area contributed by atoms with E-state index in [9.17, 15) is 4.39 Å². The van der Waals surface area contributed by atoms with Gasteiger partial charge in [-0.25, -0.2) is 4.39 Å². The first kappa shape index (κ1) is 19.5. The fourth-order valence-electron chi connectivity index (χ4n) is 3.47. The molecule has 1 aliphatic rings. The van der Waals surface area contributed by atoms with Crippen molar-refractivity contribution < 1.29 is 18.6 Å². The van der Waals surface area contributed by atoms with Crippen molar-refractivity contribution in [3.05, 3.63) is 42.2 Å². The predicted molar refractivity (Wildman–Crippen MR) is 105 cm³/mol. The molecule has 1 atom stereocenters. The van der Waals surface area contributed by atoms with Crippen LogP contribution in [0, 0.1) is 11.7 Å². The molecule has 1 unspecified atom stereocenters. The van der Waals surface area contributed by atoms with Gasteiger partial charge in [0.05, 0.1) is 20.8 Å². The normalized spacial score (nSPS) is 17.3. The van der Waals surface area contributed by atoms with E-state index in [1.54, 1.807) is 13.2 Å². The number of rotatable bonds is 7. The lowest BCUT2D eigenvalue weighted by Crippen LogP contribution is -2.29. The van der Waals surface area contributed by atoms with Crippen molar-refractivity contribution in [3.8, 4) is 28.4 Å². The summed E-state index contributed by atoms with van der Waals surface area (Å²) in [4.78, 5) is 2.48. The van der Waals surface area contributed by atoms with E-state index in [0.29, 0.717) is 30.1 Å².